The molecule has 138 valence electrons. The van der Waals surface area contributed by atoms with Crippen LogP contribution in [0.1, 0.15) is 26.2 Å². The van der Waals surface area contributed by atoms with Gasteiger partial charge in [-0.15, -0.1) is 0 Å². The molecule has 23 heavy (non-hydrogen) atoms. The zero-order valence-electron chi connectivity index (χ0n) is 14.3. The van der Waals surface area contributed by atoms with Crippen molar-refractivity contribution in [3.63, 3.8) is 0 Å². The second kappa shape index (κ2) is 11.7. The Morgan fingerprint density at radius 3 is 2.09 bits per heavy atom. The third kappa shape index (κ3) is 8.59. The van der Waals surface area contributed by atoms with Crippen LogP contribution < -0.4 is 0 Å². The Labute approximate surface area is 138 Å². The molecule has 8 nitrogen and oxygen atoms in total. The molecule has 8 heteroatoms. The molecule has 4 atom stereocenters. The fraction of sp³-hybridized carbons (Fsp3) is 0.933. The van der Waals surface area contributed by atoms with Gasteiger partial charge in [-0.25, -0.2) is 0 Å². The molecule has 0 bridgehead atoms. The maximum Gasteiger partial charge on any atom is 0.223 e. The lowest BCUT2D eigenvalue weighted by atomic mass is 10.0. The zero-order valence-corrected chi connectivity index (χ0v) is 14.3. The summed E-state index contributed by atoms with van der Waals surface area (Å²) in [6, 6.07) is 0. The van der Waals surface area contributed by atoms with Gasteiger partial charge in [-0.1, -0.05) is 13.3 Å². The lowest BCUT2D eigenvalue weighted by Gasteiger charge is -2.29. The van der Waals surface area contributed by atoms with Crippen LogP contribution >= 0.6 is 0 Å². The molecule has 0 rings (SSSR count). The molecule has 0 aromatic rings. The molecule has 0 spiro atoms. The molecule has 1 amide bonds. The van der Waals surface area contributed by atoms with Crippen molar-refractivity contribution >= 4 is 5.91 Å². The average molecular weight is 336 g/mol. The summed E-state index contributed by atoms with van der Waals surface area (Å²) in [5, 5.41) is 47.1. The predicted octanol–water partition coefficient (Wildman–Crippen LogP) is -2.00. The summed E-state index contributed by atoms with van der Waals surface area (Å²) in [5.74, 6) is -0.184. The fourth-order valence-corrected chi connectivity index (χ4v) is 2.07. The molecular formula is C15H32N2O6. The van der Waals surface area contributed by atoms with Gasteiger partial charge < -0.3 is 35.3 Å². The van der Waals surface area contributed by atoms with Gasteiger partial charge in [-0.3, -0.25) is 4.79 Å². The van der Waals surface area contributed by atoms with Crippen LogP contribution in [0, 0.1) is 0 Å². The zero-order chi connectivity index (χ0) is 18.0. The molecule has 4 unspecified atom stereocenters. The van der Waals surface area contributed by atoms with Gasteiger partial charge in [0.05, 0.1) is 6.61 Å². The van der Waals surface area contributed by atoms with Gasteiger partial charge in [0.2, 0.25) is 5.91 Å². The Hall–Kier alpha value is -0.770. The molecule has 5 N–H and O–H groups in total. The van der Waals surface area contributed by atoms with Crippen molar-refractivity contribution in [2.45, 2.75) is 50.6 Å². The minimum atomic E-state index is -1.68. The van der Waals surface area contributed by atoms with E-state index in [-0.39, 0.29) is 12.5 Å². The quantitative estimate of drug-likeness (QED) is 0.279. The molecule has 0 aromatic carbocycles. The first-order chi connectivity index (χ1) is 10.7. The van der Waals surface area contributed by atoms with Gasteiger partial charge in [0.25, 0.3) is 0 Å². The Morgan fingerprint density at radius 2 is 1.57 bits per heavy atom. The third-order valence-corrected chi connectivity index (χ3v) is 3.81. The van der Waals surface area contributed by atoms with Crippen molar-refractivity contribution in [3.8, 4) is 0 Å². The maximum atomic E-state index is 12.0. The number of carbonyl (C=O) groups excluding carboxylic acids is 1. The Bertz CT molecular complexity index is 331. The van der Waals surface area contributed by atoms with Crippen molar-refractivity contribution in [3.05, 3.63) is 0 Å². The SMILES string of the molecule is CCCCN(C)CCC(=O)N(C)CC(O)C(O)C(O)C(O)CO. The van der Waals surface area contributed by atoms with Gasteiger partial charge in [-0.2, -0.15) is 0 Å². The van der Waals surface area contributed by atoms with Crippen LogP contribution in [0.25, 0.3) is 0 Å². The number of hydrogen-bond acceptors (Lipinski definition) is 7. The second-order valence-electron chi connectivity index (χ2n) is 5.98. The van der Waals surface area contributed by atoms with Gasteiger partial charge in [-0.05, 0) is 20.0 Å². The summed E-state index contributed by atoms with van der Waals surface area (Å²) in [5.41, 5.74) is 0. The molecule has 0 aromatic heterocycles. The van der Waals surface area contributed by atoms with E-state index in [1.54, 1.807) is 0 Å². The van der Waals surface area contributed by atoms with E-state index >= 15 is 0 Å². The van der Waals surface area contributed by atoms with Gasteiger partial charge in [0.15, 0.2) is 0 Å². The normalized spacial score (nSPS) is 16.9. The maximum absolute atomic E-state index is 12.0. The third-order valence-electron chi connectivity index (χ3n) is 3.81. The van der Waals surface area contributed by atoms with E-state index in [1.807, 2.05) is 7.05 Å². The lowest BCUT2D eigenvalue weighted by Crippen LogP contribution is -2.50. The summed E-state index contributed by atoms with van der Waals surface area (Å²) < 4.78 is 0. The standard InChI is InChI=1S/C15H32N2O6/c1-4-5-7-16(2)8-6-13(21)17(3)9-11(19)14(22)15(23)12(20)10-18/h11-12,14-15,18-20,22-23H,4-10H2,1-3H3. The first-order valence-electron chi connectivity index (χ1n) is 8.00. The van der Waals surface area contributed by atoms with Gasteiger partial charge in [0, 0.05) is 26.6 Å². The highest BCUT2D eigenvalue weighted by Gasteiger charge is 2.31. The van der Waals surface area contributed by atoms with Crippen molar-refractivity contribution in [1.82, 2.24) is 9.80 Å². The highest BCUT2D eigenvalue weighted by Crippen LogP contribution is 2.07. The first-order valence-corrected chi connectivity index (χ1v) is 8.00. The van der Waals surface area contributed by atoms with Crippen molar-refractivity contribution in [1.29, 1.82) is 0 Å². The van der Waals surface area contributed by atoms with Crippen molar-refractivity contribution in [2.75, 3.05) is 40.3 Å². The molecule has 0 aliphatic heterocycles. The predicted molar refractivity (Wildman–Crippen MR) is 85.8 cm³/mol. The number of likely N-dealkylation sites (N-methyl/N-ethyl adjacent to an activating group) is 1. The van der Waals surface area contributed by atoms with Crippen LogP contribution in [0.15, 0.2) is 0 Å². The minimum Gasteiger partial charge on any atom is -0.394 e. The number of amides is 1. The summed E-state index contributed by atoms with van der Waals surface area (Å²) >= 11 is 0. The van der Waals surface area contributed by atoms with E-state index in [0.717, 1.165) is 19.4 Å². The van der Waals surface area contributed by atoms with Crippen molar-refractivity contribution in [2.24, 2.45) is 0 Å². The smallest absolute Gasteiger partial charge is 0.223 e. The monoisotopic (exact) mass is 336 g/mol. The Morgan fingerprint density at radius 1 is 1.00 bits per heavy atom. The summed E-state index contributed by atoms with van der Waals surface area (Å²) in [7, 11) is 3.44. The van der Waals surface area contributed by atoms with Crippen LogP contribution in [0.4, 0.5) is 0 Å². The van der Waals surface area contributed by atoms with E-state index < -0.39 is 31.0 Å². The Kier molecular flexibility index (Phi) is 11.3. The van der Waals surface area contributed by atoms with Crippen LogP contribution in [0.3, 0.4) is 0 Å². The van der Waals surface area contributed by atoms with Crippen LogP contribution in [0.2, 0.25) is 0 Å². The molecule has 0 aliphatic carbocycles. The molecule has 0 radical (unpaired) electrons. The average Bonchev–Trinajstić information content (AvgIpc) is 2.55. The number of rotatable bonds is 12. The molecular weight excluding hydrogens is 304 g/mol. The molecule has 0 aliphatic rings. The van der Waals surface area contributed by atoms with E-state index in [4.69, 9.17) is 5.11 Å². The number of carbonyl (C=O) groups is 1. The van der Waals surface area contributed by atoms with Gasteiger partial charge >= 0.3 is 0 Å². The first kappa shape index (κ1) is 22.2. The lowest BCUT2D eigenvalue weighted by molar-refractivity contribution is -0.138. The molecule has 0 saturated heterocycles. The van der Waals surface area contributed by atoms with Gasteiger partial charge in [0.1, 0.15) is 24.4 Å². The van der Waals surface area contributed by atoms with Crippen LogP contribution in [-0.4, -0.2) is 106 Å². The van der Waals surface area contributed by atoms with Crippen LogP contribution in [-0.2, 0) is 4.79 Å². The summed E-state index contributed by atoms with van der Waals surface area (Å²) in [6.45, 7) is 2.72. The number of aliphatic hydroxyl groups is 5. The minimum absolute atomic E-state index is 0.173. The van der Waals surface area contributed by atoms with E-state index in [1.165, 1.54) is 11.9 Å². The van der Waals surface area contributed by atoms with Crippen LogP contribution in [0.5, 0.6) is 0 Å². The summed E-state index contributed by atoms with van der Waals surface area (Å²) in [4.78, 5) is 15.3. The highest BCUT2D eigenvalue weighted by atomic mass is 16.4. The number of hydrogen-bond donors (Lipinski definition) is 5. The van der Waals surface area contributed by atoms with E-state index in [0.29, 0.717) is 13.0 Å². The highest BCUT2D eigenvalue weighted by molar-refractivity contribution is 5.76. The molecule has 0 heterocycles. The van der Waals surface area contributed by atoms with Crippen molar-refractivity contribution < 1.29 is 30.3 Å². The largest absolute Gasteiger partial charge is 0.394 e. The molecule has 0 fully saturated rings. The number of nitrogens with zero attached hydrogens (tertiary/aromatic N) is 2. The van der Waals surface area contributed by atoms with E-state index in [9.17, 15) is 25.2 Å². The van der Waals surface area contributed by atoms with E-state index in [2.05, 4.69) is 11.8 Å². The second-order valence-corrected chi connectivity index (χ2v) is 5.98. The topological polar surface area (TPSA) is 125 Å². The molecule has 0 saturated carbocycles. The summed E-state index contributed by atoms with van der Waals surface area (Å²) in [6.07, 6.45) is -3.86. The Balaban J connectivity index is 4.24. The fourth-order valence-electron chi connectivity index (χ4n) is 2.07. The number of aliphatic hydroxyl groups excluding tert-OH is 5. The number of unbranched alkanes of at least 4 members (excludes halogenated alkanes) is 1.